The van der Waals surface area contributed by atoms with E-state index >= 15 is 0 Å². The molecule has 0 radical (unpaired) electrons. The third-order valence-electron chi connectivity index (χ3n) is 3.76. The van der Waals surface area contributed by atoms with Crippen LogP contribution in [-0.4, -0.2) is 99.5 Å². The van der Waals surface area contributed by atoms with Crippen molar-refractivity contribution in [2.75, 3.05) is 19.8 Å². The Labute approximate surface area is 121 Å². The molecule has 9 heteroatoms. The summed E-state index contributed by atoms with van der Waals surface area (Å²) >= 11 is 0. The van der Waals surface area contributed by atoms with Gasteiger partial charge in [0.1, 0.15) is 30.5 Å². The fraction of sp³-hybridized carbons (Fsp3) is 1.00. The van der Waals surface area contributed by atoms with Crippen molar-refractivity contribution in [2.24, 2.45) is 0 Å². The molecule has 21 heavy (non-hydrogen) atoms. The lowest BCUT2D eigenvalue weighted by Gasteiger charge is -2.42. The quantitative estimate of drug-likeness (QED) is 0.308. The minimum atomic E-state index is -1.37. The van der Waals surface area contributed by atoms with E-state index in [0.717, 1.165) is 0 Å². The van der Waals surface area contributed by atoms with Crippen molar-refractivity contribution in [1.29, 1.82) is 0 Å². The number of aliphatic hydroxyl groups is 6. The molecule has 0 unspecified atom stereocenters. The van der Waals surface area contributed by atoms with Gasteiger partial charge in [0.2, 0.25) is 0 Å². The first kappa shape index (κ1) is 17.0. The van der Waals surface area contributed by atoms with Crippen molar-refractivity contribution in [3.05, 3.63) is 0 Å². The Balaban J connectivity index is 2.03. The first-order valence-corrected chi connectivity index (χ1v) is 6.84. The fourth-order valence-electron chi connectivity index (χ4n) is 2.49. The van der Waals surface area contributed by atoms with Crippen LogP contribution in [0.5, 0.6) is 0 Å². The zero-order chi connectivity index (χ0) is 15.6. The van der Waals surface area contributed by atoms with Gasteiger partial charge in [-0.2, -0.15) is 0 Å². The smallest absolute Gasteiger partial charge is 0.186 e. The molecule has 2 heterocycles. The van der Waals surface area contributed by atoms with Crippen LogP contribution in [0, 0.1) is 0 Å². The maximum Gasteiger partial charge on any atom is 0.186 e. The summed E-state index contributed by atoms with van der Waals surface area (Å²) < 4.78 is 15.7. The van der Waals surface area contributed by atoms with Crippen molar-refractivity contribution >= 4 is 0 Å². The topological polar surface area (TPSA) is 149 Å². The van der Waals surface area contributed by atoms with E-state index in [4.69, 9.17) is 24.4 Å². The van der Waals surface area contributed by atoms with Gasteiger partial charge in [-0.1, -0.05) is 0 Å². The molecule has 2 fully saturated rings. The highest BCUT2D eigenvalue weighted by Crippen LogP contribution is 2.26. The molecule has 0 aromatic carbocycles. The summed E-state index contributed by atoms with van der Waals surface area (Å²) in [7, 11) is 0. The summed E-state index contributed by atoms with van der Waals surface area (Å²) in [5, 5.41) is 57.5. The molecule has 124 valence electrons. The maximum absolute atomic E-state index is 9.99. The van der Waals surface area contributed by atoms with Crippen LogP contribution in [0.2, 0.25) is 0 Å². The molecule has 0 bridgehead atoms. The fourth-order valence-corrected chi connectivity index (χ4v) is 2.49. The number of hydrogen-bond donors (Lipinski definition) is 6. The van der Waals surface area contributed by atoms with Gasteiger partial charge in [0, 0.05) is 6.42 Å². The molecular formula is C12H22O9. The maximum atomic E-state index is 9.99. The monoisotopic (exact) mass is 310 g/mol. The van der Waals surface area contributed by atoms with Crippen molar-refractivity contribution in [3.63, 3.8) is 0 Å². The summed E-state index contributed by atoms with van der Waals surface area (Å²) in [5.74, 6) is 0. The Morgan fingerprint density at radius 1 is 0.952 bits per heavy atom. The van der Waals surface area contributed by atoms with Gasteiger partial charge in [0.25, 0.3) is 0 Å². The van der Waals surface area contributed by atoms with E-state index in [0.29, 0.717) is 0 Å². The lowest BCUT2D eigenvalue weighted by molar-refractivity contribution is -0.318. The predicted molar refractivity (Wildman–Crippen MR) is 66.1 cm³/mol. The Hall–Kier alpha value is -0.360. The van der Waals surface area contributed by atoms with Gasteiger partial charge in [0.05, 0.1) is 32.0 Å². The molecule has 0 aliphatic carbocycles. The SMILES string of the molecule is OC[C@@H]1C[C@H](O)[C@H](O)[C@@H](O[C@H]2[C@H](O)[C@@H](CO)OC[C@H]2O)O1. The molecule has 8 atom stereocenters. The van der Waals surface area contributed by atoms with E-state index in [2.05, 4.69) is 0 Å². The zero-order valence-corrected chi connectivity index (χ0v) is 11.4. The molecule has 9 nitrogen and oxygen atoms in total. The average molecular weight is 310 g/mol. The summed E-state index contributed by atoms with van der Waals surface area (Å²) in [5.41, 5.74) is 0. The van der Waals surface area contributed by atoms with Crippen LogP contribution in [-0.2, 0) is 14.2 Å². The highest BCUT2D eigenvalue weighted by Gasteiger charge is 2.45. The first-order chi connectivity index (χ1) is 9.97. The van der Waals surface area contributed by atoms with Crippen LogP contribution < -0.4 is 0 Å². The Morgan fingerprint density at radius 2 is 1.67 bits per heavy atom. The summed E-state index contributed by atoms with van der Waals surface area (Å²) in [6, 6.07) is 0. The highest BCUT2D eigenvalue weighted by atomic mass is 16.7. The highest BCUT2D eigenvalue weighted by molar-refractivity contribution is 4.90. The van der Waals surface area contributed by atoms with Gasteiger partial charge in [-0.25, -0.2) is 0 Å². The molecule has 2 aliphatic rings. The average Bonchev–Trinajstić information content (AvgIpc) is 2.47. The van der Waals surface area contributed by atoms with Gasteiger partial charge >= 0.3 is 0 Å². The lowest BCUT2D eigenvalue weighted by Crippen LogP contribution is -2.59. The van der Waals surface area contributed by atoms with Crippen molar-refractivity contribution < 1.29 is 44.8 Å². The van der Waals surface area contributed by atoms with Crippen molar-refractivity contribution in [2.45, 2.75) is 55.4 Å². The molecule has 6 N–H and O–H groups in total. The second-order valence-corrected chi connectivity index (χ2v) is 5.32. The molecule has 2 aliphatic heterocycles. The minimum Gasteiger partial charge on any atom is -0.394 e. The number of ether oxygens (including phenoxy) is 3. The molecule has 0 amide bonds. The second-order valence-electron chi connectivity index (χ2n) is 5.32. The van der Waals surface area contributed by atoms with E-state index in [-0.39, 0.29) is 19.6 Å². The Morgan fingerprint density at radius 3 is 2.29 bits per heavy atom. The Kier molecular flexibility index (Phi) is 5.88. The largest absolute Gasteiger partial charge is 0.394 e. The van der Waals surface area contributed by atoms with Crippen LogP contribution in [0.25, 0.3) is 0 Å². The summed E-state index contributed by atoms with van der Waals surface area (Å²) in [4.78, 5) is 0. The van der Waals surface area contributed by atoms with Crippen LogP contribution >= 0.6 is 0 Å². The summed E-state index contributed by atoms with van der Waals surface area (Å²) in [6.45, 7) is -0.965. The van der Waals surface area contributed by atoms with Gasteiger partial charge in [0.15, 0.2) is 6.29 Å². The standard InChI is InChI=1S/C12H22O9/c13-2-5-1-6(15)9(17)12(20-5)21-11-7(16)4-19-8(3-14)10(11)18/h5-18H,1-4H2/t5-,6-,7+,8+,9-,10+,11+,12+/m0/s1. The molecule has 2 rings (SSSR count). The zero-order valence-electron chi connectivity index (χ0n) is 11.4. The second kappa shape index (κ2) is 7.27. The van der Waals surface area contributed by atoms with E-state index in [1.807, 2.05) is 0 Å². The molecule has 2 saturated heterocycles. The minimum absolute atomic E-state index is 0.0513. The molecule has 0 aromatic rings. The van der Waals surface area contributed by atoms with E-state index in [1.165, 1.54) is 0 Å². The number of aliphatic hydroxyl groups excluding tert-OH is 6. The Bertz CT molecular complexity index is 328. The van der Waals surface area contributed by atoms with Crippen molar-refractivity contribution in [1.82, 2.24) is 0 Å². The van der Waals surface area contributed by atoms with Gasteiger partial charge in [-0.3, -0.25) is 0 Å². The molecular weight excluding hydrogens is 288 g/mol. The number of hydrogen-bond acceptors (Lipinski definition) is 9. The normalized spacial score (nSPS) is 48.3. The molecule has 0 spiro atoms. The lowest BCUT2D eigenvalue weighted by atomic mass is 9.99. The predicted octanol–water partition coefficient (Wildman–Crippen LogP) is -3.69. The van der Waals surface area contributed by atoms with Gasteiger partial charge in [-0.15, -0.1) is 0 Å². The van der Waals surface area contributed by atoms with Crippen LogP contribution in [0.4, 0.5) is 0 Å². The van der Waals surface area contributed by atoms with E-state index in [9.17, 15) is 20.4 Å². The van der Waals surface area contributed by atoms with Crippen molar-refractivity contribution in [3.8, 4) is 0 Å². The number of rotatable bonds is 4. The third kappa shape index (κ3) is 3.70. The van der Waals surface area contributed by atoms with Crippen LogP contribution in [0.1, 0.15) is 6.42 Å². The van der Waals surface area contributed by atoms with Gasteiger partial charge < -0.3 is 44.8 Å². The van der Waals surface area contributed by atoms with E-state index in [1.54, 1.807) is 0 Å². The van der Waals surface area contributed by atoms with E-state index < -0.39 is 55.6 Å². The van der Waals surface area contributed by atoms with Gasteiger partial charge in [-0.05, 0) is 0 Å². The van der Waals surface area contributed by atoms with Crippen LogP contribution in [0.3, 0.4) is 0 Å². The summed E-state index contributed by atoms with van der Waals surface area (Å²) in [6.07, 6.45) is -9.06. The van der Waals surface area contributed by atoms with Crippen LogP contribution in [0.15, 0.2) is 0 Å². The first-order valence-electron chi connectivity index (χ1n) is 6.84. The third-order valence-corrected chi connectivity index (χ3v) is 3.76. The molecule has 0 saturated carbocycles. The molecule has 0 aromatic heterocycles.